The highest BCUT2D eigenvalue weighted by atomic mass is 32.1. The van der Waals surface area contributed by atoms with E-state index in [2.05, 4.69) is 44.4 Å². The lowest BCUT2D eigenvalue weighted by molar-refractivity contribution is 0.194. The zero-order chi connectivity index (χ0) is 15.7. The predicted octanol–water partition coefficient (Wildman–Crippen LogP) is 5.41. The zero-order valence-electron chi connectivity index (χ0n) is 14.5. The Balaban J connectivity index is 1.55. The van der Waals surface area contributed by atoms with E-state index in [1.165, 1.54) is 54.0 Å². The lowest BCUT2D eigenvalue weighted by Gasteiger charge is -2.32. The van der Waals surface area contributed by atoms with Crippen LogP contribution in [0.25, 0.3) is 0 Å². The Morgan fingerprint density at radius 2 is 2.00 bits per heavy atom. The molecule has 3 rings (SSSR count). The molecular weight excluding hydrogens is 286 g/mol. The molecule has 0 bridgehead atoms. The van der Waals surface area contributed by atoms with Crippen molar-refractivity contribution < 1.29 is 0 Å². The van der Waals surface area contributed by atoms with Crippen molar-refractivity contribution in [3.8, 4) is 0 Å². The second kappa shape index (κ2) is 6.49. The van der Waals surface area contributed by atoms with Crippen molar-refractivity contribution in [3.05, 3.63) is 34.0 Å². The van der Waals surface area contributed by atoms with Gasteiger partial charge in [0.15, 0.2) is 0 Å². The van der Waals surface area contributed by atoms with Gasteiger partial charge in [-0.2, -0.15) is 0 Å². The molecule has 2 fully saturated rings. The summed E-state index contributed by atoms with van der Waals surface area (Å²) in [6.07, 6.45) is 8.27. The largest absolute Gasteiger partial charge is 0.296 e. The molecule has 1 saturated carbocycles. The smallest absolute Gasteiger partial charge is 0.0196 e. The Kier molecular flexibility index (Phi) is 4.80. The number of thiophene rings is 1. The first kappa shape index (κ1) is 16.3. The van der Waals surface area contributed by atoms with Crippen LogP contribution in [0.2, 0.25) is 0 Å². The molecule has 1 aliphatic heterocycles. The average Bonchev–Trinajstić information content (AvgIpc) is 3.06. The summed E-state index contributed by atoms with van der Waals surface area (Å²) in [5, 5.41) is 0. The third-order valence-corrected chi connectivity index (χ3v) is 6.89. The summed E-state index contributed by atoms with van der Waals surface area (Å²) in [6.45, 7) is 13.7. The van der Waals surface area contributed by atoms with Gasteiger partial charge in [-0.1, -0.05) is 45.8 Å². The molecular formula is C20H31NS. The van der Waals surface area contributed by atoms with Crippen LogP contribution in [-0.4, -0.2) is 24.0 Å². The van der Waals surface area contributed by atoms with Crippen LogP contribution in [0.3, 0.4) is 0 Å². The first-order valence-electron chi connectivity index (χ1n) is 8.93. The van der Waals surface area contributed by atoms with E-state index in [9.17, 15) is 0 Å². The highest BCUT2D eigenvalue weighted by Crippen LogP contribution is 2.36. The van der Waals surface area contributed by atoms with E-state index in [0.717, 1.165) is 24.9 Å². The van der Waals surface area contributed by atoms with Crippen molar-refractivity contribution in [1.82, 2.24) is 4.90 Å². The quantitative estimate of drug-likeness (QED) is 0.671. The summed E-state index contributed by atoms with van der Waals surface area (Å²) in [4.78, 5) is 5.70. The second-order valence-electron chi connectivity index (χ2n) is 8.31. The topological polar surface area (TPSA) is 3.24 Å². The molecule has 1 aromatic heterocycles. The molecule has 0 radical (unpaired) electrons. The van der Waals surface area contributed by atoms with Crippen LogP contribution in [-0.2, 0) is 11.8 Å². The molecule has 1 aromatic rings. The number of fused-ring (bicyclic) bond motifs is 1. The van der Waals surface area contributed by atoms with Crippen LogP contribution in [0, 0.1) is 5.92 Å². The Hall–Kier alpha value is -0.600. The average molecular weight is 318 g/mol. The van der Waals surface area contributed by atoms with E-state index in [4.69, 9.17) is 0 Å². The fraction of sp³-hybridized carbons (Fsp3) is 0.700. The van der Waals surface area contributed by atoms with Gasteiger partial charge in [-0.15, -0.1) is 11.3 Å². The lowest BCUT2D eigenvalue weighted by atomic mass is 9.85. The van der Waals surface area contributed by atoms with Crippen LogP contribution >= 0.6 is 11.3 Å². The first-order chi connectivity index (χ1) is 10.4. The van der Waals surface area contributed by atoms with E-state index in [-0.39, 0.29) is 5.41 Å². The molecule has 2 aliphatic rings. The van der Waals surface area contributed by atoms with Gasteiger partial charge in [0.1, 0.15) is 0 Å². The van der Waals surface area contributed by atoms with Gasteiger partial charge in [-0.3, -0.25) is 4.90 Å². The van der Waals surface area contributed by atoms with E-state index in [0.29, 0.717) is 0 Å². The van der Waals surface area contributed by atoms with Crippen molar-refractivity contribution in [1.29, 1.82) is 0 Å². The number of hydrogen-bond donors (Lipinski definition) is 0. The number of nitrogens with zero attached hydrogens (tertiary/aromatic N) is 1. The number of likely N-dealkylation sites (tertiary alicyclic amines) is 1. The fourth-order valence-corrected chi connectivity index (χ4v) is 5.30. The SMILES string of the molecule is C=C(Cc1ccc(C(C)(C)C)s1)CN1CCC2CCCCC21. The molecule has 0 aromatic carbocycles. The Morgan fingerprint density at radius 1 is 1.23 bits per heavy atom. The van der Waals surface area contributed by atoms with E-state index in [1.54, 1.807) is 0 Å². The minimum atomic E-state index is 0.272. The second-order valence-corrected chi connectivity index (χ2v) is 9.48. The molecule has 0 spiro atoms. The van der Waals surface area contributed by atoms with Gasteiger partial charge in [0, 0.05) is 28.8 Å². The summed E-state index contributed by atoms with van der Waals surface area (Å²) in [5.41, 5.74) is 1.67. The fourth-order valence-electron chi connectivity index (χ4n) is 4.16. The Morgan fingerprint density at radius 3 is 2.73 bits per heavy atom. The van der Waals surface area contributed by atoms with Crippen molar-refractivity contribution in [2.24, 2.45) is 5.92 Å². The molecule has 0 amide bonds. The maximum absolute atomic E-state index is 4.39. The number of rotatable bonds is 4. The van der Waals surface area contributed by atoms with Crippen molar-refractivity contribution in [3.63, 3.8) is 0 Å². The van der Waals surface area contributed by atoms with E-state index < -0.39 is 0 Å². The van der Waals surface area contributed by atoms with Gasteiger partial charge in [-0.05, 0) is 49.3 Å². The van der Waals surface area contributed by atoms with Gasteiger partial charge >= 0.3 is 0 Å². The minimum absolute atomic E-state index is 0.272. The molecule has 2 unspecified atom stereocenters. The van der Waals surface area contributed by atoms with E-state index in [1.807, 2.05) is 11.3 Å². The first-order valence-corrected chi connectivity index (χ1v) is 9.75. The highest BCUT2D eigenvalue weighted by molar-refractivity contribution is 7.12. The molecule has 1 aliphatic carbocycles. The highest BCUT2D eigenvalue weighted by Gasteiger charge is 2.35. The summed E-state index contributed by atoms with van der Waals surface area (Å²) in [7, 11) is 0. The maximum Gasteiger partial charge on any atom is 0.0196 e. The van der Waals surface area contributed by atoms with Gasteiger partial charge < -0.3 is 0 Å². The normalized spacial score (nSPS) is 26.1. The molecule has 2 heteroatoms. The van der Waals surface area contributed by atoms with Crippen molar-refractivity contribution in [2.75, 3.05) is 13.1 Å². The summed E-state index contributed by atoms with van der Waals surface area (Å²) in [5.74, 6) is 0.982. The summed E-state index contributed by atoms with van der Waals surface area (Å²) < 4.78 is 0. The third kappa shape index (κ3) is 3.65. The lowest BCUT2D eigenvalue weighted by Crippen LogP contribution is -2.36. The zero-order valence-corrected chi connectivity index (χ0v) is 15.3. The minimum Gasteiger partial charge on any atom is -0.296 e. The Labute approximate surface area is 140 Å². The van der Waals surface area contributed by atoms with Gasteiger partial charge in [0.05, 0.1) is 0 Å². The van der Waals surface area contributed by atoms with Crippen LogP contribution in [0.1, 0.15) is 62.6 Å². The molecule has 2 heterocycles. The Bertz CT molecular complexity index is 522. The summed E-state index contributed by atoms with van der Waals surface area (Å²) in [6, 6.07) is 5.48. The van der Waals surface area contributed by atoms with Gasteiger partial charge in [-0.25, -0.2) is 0 Å². The molecule has 2 atom stereocenters. The number of hydrogen-bond acceptors (Lipinski definition) is 2. The summed E-state index contributed by atoms with van der Waals surface area (Å²) >= 11 is 1.97. The van der Waals surface area contributed by atoms with Crippen LogP contribution in [0.5, 0.6) is 0 Å². The molecule has 1 nitrogen and oxygen atoms in total. The van der Waals surface area contributed by atoms with Crippen LogP contribution in [0.15, 0.2) is 24.3 Å². The molecule has 1 saturated heterocycles. The monoisotopic (exact) mass is 317 g/mol. The molecule has 22 heavy (non-hydrogen) atoms. The third-order valence-electron chi connectivity index (χ3n) is 5.38. The standard InChI is InChI=1S/C20H31NS/c1-15(13-17-9-10-19(22-17)20(2,3)4)14-21-12-11-16-7-5-6-8-18(16)21/h9-10,16,18H,1,5-8,11-14H2,2-4H3. The maximum atomic E-state index is 4.39. The van der Waals surface area contributed by atoms with Gasteiger partial charge in [0.25, 0.3) is 0 Å². The van der Waals surface area contributed by atoms with Crippen molar-refractivity contribution in [2.45, 2.75) is 70.8 Å². The predicted molar refractivity (Wildman–Crippen MR) is 97.8 cm³/mol. The van der Waals surface area contributed by atoms with Crippen LogP contribution in [0.4, 0.5) is 0 Å². The van der Waals surface area contributed by atoms with E-state index >= 15 is 0 Å². The van der Waals surface area contributed by atoms with Gasteiger partial charge in [0.2, 0.25) is 0 Å². The van der Waals surface area contributed by atoms with Crippen LogP contribution < -0.4 is 0 Å². The molecule has 122 valence electrons. The van der Waals surface area contributed by atoms with Crippen molar-refractivity contribution >= 4 is 11.3 Å². The molecule has 0 N–H and O–H groups in total.